The summed E-state index contributed by atoms with van der Waals surface area (Å²) in [7, 11) is 0. The smallest absolute Gasteiger partial charge is 0.253 e. The number of carbonyl (C=O) groups excluding carboxylic acids is 1. The van der Waals surface area contributed by atoms with Crippen molar-refractivity contribution >= 4 is 23.4 Å². The summed E-state index contributed by atoms with van der Waals surface area (Å²) in [4.78, 5) is 20.7. The fourth-order valence-corrected chi connectivity index (χ4v) is 2.82. The zero-order valence-electron chi connectivity index (χ0n) is 13.8. The topological polar surface area (TPSA) is 72.2 Å². The fourth-order valence-electron chi connectivity index (χ4n) is 2.19. The first-order valence-corrected chi connectivity index (χ1v) is 8.57. The lowest BCUT2D eigenvalue weighted by molar-refractivity contribution is -0.119. The summed E-state index contributed by atoms with van der Waals surface area (Å²) >= 11 is 1.34. The molecule has 7 heteroatoms. The van der Waals surface area contributed by atoms with Crippen molar-refractivity contribution in [3.63, 3.8) is 0 Å². The quantitative estimate of drug-likeness (QED) is 0.827. The lowest BCUT2D eigenvalue weighted by Gasteiger charge is -2.13. The van der Waals surface area contributed by atoms with Gasteiger partial charge >= 0.3 is 0 Å². The molecule has 6 nitrogen and oxygen atoms in total. The molecule has 2 aromatic heterocycles. The van der Waals surface area contributed by atoms with Crippen LogP contribution >= 0.6 is 11.8 Å². The van der Waals surface area contributed by atoms with Crippen LogP contribution in [0.3, 0.4) is 0 Å². The van der Waals surface area contributed by atoms with Gasteiger partial charge in [0.15, 0.2) is 0 Å². The van der Waals surface area contributed by atoms with E-state index in [4.69, 9.17) is 0 Å². The molecule has 0 aromatic carbocycles. The van der Waals surface area contributed by atoms with E-state index in [-0.39, 0.29) is 11.9 Å². The highest BCUT2D eigenvalue weighted by Gasteiger charge is 2.13. The Kier molecular flexibility index (Phi) is 5.39. The predicted octanol–water partition coefficient (Wildman–Crippen LogP) is 2.45. The maximum atomic E-state index is 11.9. The Morgan fingerprint density at radius 1 is 1.23 bits per heavy atom. The molecule has 0 saturated carbocycles. The zero-order valence-corrected chi connectivity index (χ0v) is 14.6. The predicted molar refractivity (Wildman–Crippen MR) is 88.2 cm³/mol. The van der Waals surface area contributed by atoms with Gasteiger partial charge in [0.2, 0.25) is 11.1 Å². The van der Waals surface area contributed by atoms with E-state index in [1.54, 1.807) is 4.52 Å². The Morgan fingerprint density at radius 3 is 2.55 bits per heavy atom. The van der Waals surface area contributed by atoms with Crippen LogP contribution in [-0.2, 0) is 4.79 Å². The molecule has 2 rings (SSSR count). The third-order valence-electron chi connectivity index (χ3n) is 3.92. The number of hydrogen-bond donors (Lipinski definition) is 1. The van der Waals surface area contributed by atoms with Crippen molar-refractivity contribution in [1.82, 2.24) is 24.9 Å². The second-order valence-electron chi connectivity index (χ2n) is 5.38. The molecular formula is C15H23N5OS. The number of rotatable bonds is 6. The van der Waals surface area contributed by atoms with Crippen LogP contribution in [0.5, 0.6) is 0 Å². The third-order valence-corrected chi connectivity index (χ3v) is 4.76. The average molecular weight is 321 g/mol. The minimum atomic E-state index is 0.0228. The minimum absolute atomic E-state index is 0.0228. The van der Waals surface area contributed by atoms with Crippen molar-refractivity contribution in [1.29, 1.82) is 0 Å². The first kappa shape index (κ1) is 16.7. The Hall–Kier alpha value is -1.63. The van der Waals surface area contributed by atoms with E-state index in [0.717, 1.165) is 29.8 Å². The molecule has 2 heterocycles. The molecule has 0 atom stereocenters. The van der Waals surface area contributed by atoms with Crippen LogP contribution < -0.4 is 5.32 Å². The summed E-state index contributed by atoms with van der Waals surface area (Å²) in [5.41, 5.74) is 3.10. The lowest BCUT2D eigenvalue weighted by atomic mass is 10.2. The van der Waals surface area contributed by atoms with Crippen LogP contribution in [0, 0.1) is 20.8 Å². The van der Waals surface area contributed by atoms with Gasteiger partial charge in [-0.3, -0.25) is 4.79 Å². The lowest BCUT2D eigenvalue weighted by Crippen LogP contribution is -2.35. The van der Waals surface area contributed by atoms with Gasteiger partial charge in [0, 0.05) is 17.4 Å². The number of aromatic nitrogens is 4. The summed E-state index contributed by atoms with van der Waals surface area (Å²) in [5.74, 6) is 0.933. The van der Waals surface area contributed by atoms with Gasteiger partial charge < -0.3 is 5.32 Å². The highest BCUT2D eigenvalue weighted by Crippen LogP contribution is 2.17. The molecular weight excluding hydrogens is 298 g/mol. The number of fused-ring (bicyclic) bond motifs is 1. The maximum Gasteiger partial charge on any atom is 0.253 e. The Balaban J connectivity index is 2.07. The van der Waals surface area contributed by atoms with Gasteiger partial charge in [0.25, 0.3) is 5.78 Å². The SMILES string of the molecule is CCC(CC)NC(=O)CSc1nc2nc(C)c(C)c(C)n2n1. The molecule has 1 N–H and O–H groups in total. The van der Waals surface area contributed by atoms with E-state index in [2.05, 4.69) is 34.2 Å². The minimum Gasteiger partial charge on any atom is -0.353 e. The second kappa shape index (κ2) is 7.09. The van der Waals surface area contributed by atoms with Gasteiger partial charge in [-0.05, 0) is 39.2 Å². The molecule has 120 valence electrons. The van der Waals surface area contributed by atoms with Gasteiger partial charge in [0.05, 0.1) is 5.75 Å². The highest BCUT2D eigenvalue weighted by molar-refractivity contribution is 7.99. The monoisotopic (exact) mass is 321 g/mol. The molecule has 22 heavy (non-hydrogen) atoms. The first-order valence-electron chi connectivity index (χ1n) is 7.59. The third kappa shape index (κ3) is 3.58. The van der Waals surface area contributed by atoms with Gasteiger partial charge in [0.1, 0.15) is 0 Å². The number of aryl methyl sites for hydroxylation is 2. The van der Waals surface area contributed by atoms with Crippen LogP contribution in [0.4, 0.5) is 0 Å². The zero-order chi connectivity index (χ0) is 16.3. The van der Waals surface area contributed by atoms with Crippen molar-refractivity contribution < 1.29 is 4.79 Å². The van der Waals surface area contributed by atoms with E-state index in [9.17, 15) is 4.79 Å². The first-order chi connectivity index (χ1) is 10.5. The molecule has 0 fully saturated rings. The summed E-state index contributed by atoms with van der Waals surface area (Å²) in [5, 5.41) is 8.03. The summed E-state index contributed by atoms with van der Waals surface area (Å²) < 4.78 is 1.74. The largest absolute Gasteiger partial charge is 0.353 e. The number of hydrogen-bond acceptors (Lipinski definition) is 5. The van der Waals surface area contributed by atoms with Crippen LogP contribution in [-0.4, -0.2) is 37.3 Å². The number of carbonyl (C=O) groups is 1. The maximum absolute atomic E-state index is 11.9. The molecule has 0 radical (unpaired) electrons. The van der Waals surface area contributed by atoms with Crippen molar-refractivity contribution in [2.75, 3.05) is 5.75 Å². The molecule has 0 spiro atoms. The van der Waals surface area contributed by atoms with E-state index in [1.807, 2.05) is 20.8 Å². The average Bonchev–Trinajstić information content (AvgIpc) is 2.91. The number of amides is 1. The van der Waals surface area contributed by atoms with Crippen LogP contribution in [0.2, 0.25) is 0 Å². The summed E-state index contributed by atoms with van der Waals surface area (Å²) in [6.07, 6.45) is 1.89. The fraction of sp³-hybridized carbons (Fsp3) is 0.600. The highest BCUT2D eigenvalue weighted by atomic mass is 32.2. The Morgan fingerprint density at radius 2 is 1.91 bits per heavy atom. The van der Waals surface area contributed by atoms with Gasteiger partial charge in [-0.25, -0.2) is 9.50 Å². The van der Waals surface area contributed by atoms with Crippen LogP contribution in [0.15, 0.2) is 5.16 Å². The van der Waals surface area contributed by atoms with Crippen LogP contribution in [0.25, 0.3) is 5.78 Å². The van der Waals surface area contributed by atoms with Crippen molar-refractivity contribution in [2.45, 2.75) is 58.7 Å². The molecule has 2 aromatic rings. The normalized spacial score (nSPS) is 11.4. The van der Waals surface area contributed by atoms with E-state index < -0.39 is 0 Å². The van der Waals surface area contributed by atoms with Crippen molar-refractivity contribution in [3.05, 3.63) is 17.0 Å². The summed E-state index contributed by atoms with van der Waals surface area (Å²) in [6.45, 7) is 10.1. The van der Waals surface area contributed by atoms with E-state index in [0.29, 0.717) is 16.7 Å². The number of nitrogens with zero attached hydrogens (tertiary/aromatic N) is 4. The Labute approximate surface area is 135 Å². The molecule has 0 aliphatic heterocycles. The van der Waals surface area contributed by atoms with Gasteiger partial charge in [-0.2, -0.15) is 4.98 Å². The van der Waals surface area contributed by atoms with Crippen molar-refractivity contribution in [3.8, 4) is 0 Å². The number of thioether (sulfide) groups is 1. The molecule has 0 saturated heterocycles. The molecule has 1 amide bonds. The van der Waals surface area contributed by atoms with Gasteiger partial charge in [-0.1, -0.05) is 25.6 Å². The van der Waals surface area contributed by atoms with Crippen LogP contribution in [0.1, 0.15) is 43.6 Å². The number of nitrogens with one attached hydrogen (secondary N) is 1. The van der Waals surface area contributed by atoms with Crippen molar-refractivity contribution in [2.24, 2.45) is 0 Å². The molecule has 0 unspecified atom stereocenters. The Bertz CT molecular complexity index is 678. The molecule has 0 aliphatic rings. The summed E-state index contributed by atoms with van der Waals surface area (Å²) in [6, 6.07) is 0.247. The molecule has 0 aliphatic carbocycles. The van der Waals surface area contributed by atoms with E-state index in [1.165, 1.54) is 11.8 Å². The van der Waals surface area contributed by atoms with E-state index >= 15 is 0 Å². The molecule has 0 bridgehead atoms. The van der Waals surface area contributed by atoms with Gasteiger partial charge in [-0.15, -0.1) is 5.10 Å². The standard InChI is InChI=1S/C15H23N5OS/c1-6-12(7-2)17-13(21)8-22-15-18-14-16-10(4)9(3)11(5)20(14)19-15/h12H,6-8H2,1-5H3,(H,17,21). The second-order valence-corrected chi connectivity index (χ2v) is 6.33.